The first-order valence-corrected chi connectivity index (χ1v) is 6.00. The van der Waals surface area contributed by atoms with Crippen molar-refractivity contribution in [1.82, 2.24) is 0 Å². The number of hydrogen-bond donors (Lipinski definition) is 0. The van der Waals surface area contributed by atoms with E-state index >= 15 is 0 Å². The number of benzene rings is 1. The summed E-state index contributed by atoms with van der Waals surface area (Å²) in [4.78, 5) is 15.1. The second-order valence-electron chi connectivity index (χ2n) is 3.92. The third-order valence-corrected chi connectivity index (χ3v) is 2.40. The minimum absolute atomic E-state index is 0. The summed E-state index contributed by atoms with van der Waals surface area (Å²) in [5.74, 6) is 5.70. The van der Waals surface area contributed by atoms with E-state index in [2.05, 4.69) is 29.1 Å². The molecule has 0 aliphatic carbocycles. The maximum Gasteiger partial charge on any atom is 1.00 e. The molecular weight excluding hydrogens is 285 g/mol. The van der Waals surface area contributed by atoms with Gasteiger partial charge in [-0.1, -0.05) is 35.5 Å². The van der Waals surface area contributed by atoms with E-state index in [9.17, 15) is 4.79 Å². The molecule has 0 spiro atoms. The van der Waals surface area contributed by atoms with Crippen LogP contribution in [0.4, 0.5) is 0 Å². The van der Waals surface area contributed by atoms with Crippen LogP contribution in [0.2, 0.25) is 0 Å². The number of Topliss-reactive ketones (excluding diaryl/α,β-unsaturated/α-hetero) is 1. The number of allylic oxidation sites excluding steroid dienone is 4. The minimum Gasteiger partial charge on any atom is -0.412 e. The quantitative estimate of drug-likeness (QED) is 0.197. The standard InChI is InChI=1S/C18H14NO.K/c1-4-5-7-12-19-13-8-6-9-17-14-18(16(3)20)11-10-15(17)2;/h1,4-5,7,10-11,13-14H,2-3H3;/q-3;+1/b7-5-;. The summed E-state index contributed by atoms with van der Waals surface area (Å²) >= 11 is 0. The number of nitrogens with zero attached hydrogens (tertiary/aromatic N) is 1. The molecule has 1 aromatic carbocycles. The van der Waals surface area contributed by atoms with Crippen LogP contribution in [0.15, 0.2) is 47.6 Å². The summed E-state index contributed by atoms with van der Waals surface area (Å²) in [6, 6.07) is 5.45. The van der Waals surface area contributed by atoms with Crippen LogP contribution in [-0.4, -0.2) is 12.0 Å². The molecule has 0 atom stereocenters. The summed E-state index contributed by atoms with van der Waals surface area (Å²) in [5, 5.41) is 0. The summed E-state index contributed by atoms with van der Waals surface area (Å²) in [6.07, 6.45) is 11.3. The number of carbonyl (C=O) groups excluding carboxylic acids is 1. The van der Waals surface area contributed by atoms with Crippen LogP contribution < -0.4 is 51.4 Å². The molecule has 1 aromatic rings. The van der Waals surface area contributed by atoms with Crippen LogP contribution in [0.1, 0.15) is 28.4 Å². The Hall–Kier alpha value is -1.02. The van der Waals surface area contributed by atoms with Gasteiger partial charge in [0.05, 0.1) is 0 Å². The van der Waals surface area contributed by atoms with Crippen molar-refractivity contribution in [2.24, 2.45) is 4.99 Å². The molecule has 100 valence electrons. The Bertz CT molecular complexity index is 643. The summed E-state index contributed by atoms with van der Waals surface area (Å²) < 4.78 is 0. The molecule has 0 radical (unpaired) electrons. The zero-order chi connectivity index (χ0) is 14.8. The van der Waals surface area contributed by atoms with E-state index in [1.807, 2.05) is 13.0 Å². The monoisotopic (exact) mass is 299 g/mol. The number of hydrogen-bond acceptors (Lipinski definition) is 2. The molecule has 0 aromatic heterocycles. The molecule has 0 unspecified atom stereocenters. The van der Waals surface area contributed by atoms with Gasteiger partial charge in [0.25, 0.3) is 0 Å². The van der Waals surface area contributed by atoms with Crippen molar-refractivity contribution < 1.29 is 56.2 Å². The number of rotatable bonds is 4. The topological polar surface area (TPSA) is 29.4 Å². The molecule has 0 saturated carbocycles. The molecule has 0 N–H and O–H groups in total. The van der Waals surface area contributed by atoms with E-state index in [1.165, 1.54) is 19.2 Å². The molecule has 0 fully saturated rings. The number of ketones is 1. The van der Waals surface area contributed by atoms with Gasteiger partial charge in [-0.2, -0.15) is 18.4 Å². The van der Waals surface area contributed by atoms with Crippen molar-refractivity contribution in [1.29, 1.82) is 0 Å². The van der Waals surface area contributed by atoms with Crippen molar-refractivity contribution >= 4 is 12.0 Å². The predicted octanol–water partition coefficient (Wildman–Crippen LogP) is 0.363. The fraction of sp³-hybridized carbons (Fsp3) is 0.111. The van der Waals surface area contributed by atoms with Crippen molar-refractivity contribution in [3.63, 3.8) is 0 Å². The largest absolute Gasteiger partial charge is 1.00 e. The molecule has 0 aliphatic rings. The average Bonchev–Trinajstić information content (AvgIpc) is 2.43. The molecular formula is C18H14KNO-2. The zero-order valence-electron chi connectivity index (χ0n) is 12.5. The third kappa shape index (κ3) is 8.10. The van der Waals surface area contributed by atoms with E-state index in [-0.39, 0.29) is 57.2 Å². The van der Waals surface area contributed by atoms with Crippen molar-refractivity contribution in [3.8, 4) is 11.8 Å². The first kappa shape index (κ1) is 20.0. The summed E-state index contributed by atoms with van der Waals surface area (Å²) in [6.45, 7) is 8.61. The van der Waals surface area contributed by atoms with Gasteiger partial charge in [-0.25, -0.2) is 12.2 Å². The van der Waals surface area contributed by atoms with Crippen molar-refractivity contribution in [2.75, 3.05) is 0 Å². The van der Waals surface area contributed by atoms with Crippen LogP contribution in [0.25, 0.3) is 0 Å². The van der Waals surface area contributed by atoms with E-state index < -0.39 is 0 Å². The van der Waals surface area contributed by atoms with Gasteiger partial charge in [-0.15, -0.1) is 0 Å². The van der Waals surface area contributed by atoms with Crippen LogP contribution in [0.5, 0.6) is 0 Å². The SMILES string of the molecule is [CH-]=C/C=C\[C-]=NC=[C-]C#Cc1cc(C(C)=O)ccc1C.[K+]. The first-order chi connectivity index (χ1) is 9.65. The molecule has 3 heteroatoms. The molecule has 2 nitrogen and oxygen atoms in total. The predicted molar refractivity (Wildman–Crippen MR) is 81.3 cm³/mol. The van der Waals surface area contributed by atoms with E-state index in [0.717, 1.165) is 11.1 Å². The maximum absolute atomic E-state index is 11.3. The Labute approximate surface area is 169 Å². The zero-order valence-corrected chi connectivity index (χ0v) is 15.6. The Kier molecular flexibility index (Phi) is 11.0. The van der Waals surface area contributed by atoms with Crippen LogP contribution in [-0.2, 0) is 0 Å². The Morgan fingerprint density at radius 3 is 2.86 bits per heavy atom. The van der Waals surface area contributed by atoms with Gasteiger partial charge in [0.15, 0.2) is 5.78 Å². The number of aliphatic imine (C=N–C) groups is 1. The third-order valence-electron chi connectivity index (χ3n) is 2.40. The van der Waals surface area contributed by atoms with Crippen LogP contribution in [0.3, 0.4) is 0 Å². The van der Waals surface area contributed by atoms with Crippen molar-refractivity contribution in [2.45, 2.75) is 13.8 Å². The Morgan fingerprint density at radius 2 is 2.19 bits per heavy atom. The van der Waals surface area contributed by atoms with E-state index in [4.69, 9.17) is 6.58 Å². The fourth-order valence-electron chi connectivity index (χ4n) is 1.32. The average molecular weight is 299 g/mol. The smallest absolute Gasteiger partial charge is 0.412 e. The molecule has 0 heterocycles. The van der Waals surface area contributed by atoms with Gasteiger partial charge in [-0.3, -0.25) is 17.3 Å². The molecule has 0 saturated heterocycles. The Morgan fingerprint density at radius 1 is 1.43 bits per heavy atom. The first-order valence-electron chi connectivity index (χ1n) is 6.00. The van der Waals surface area contributed by atoms with Gasteiger partial charge >= 0.3 is 51.4 Å². The normalized spacial score (nSPS) is 10.4. The second-order valence-corrected chi connectivity index (χ2v) is 3.92. The van der Waals surface area contributed by atoms with E-state index in [0.29, 0.717) is 5.56 Å². The molecule has 0 aliphatic heterocycles. The maximum atomic E-state index is 11.3. The van der Waals surface area contributed by atoms with Gasteiger partial charge in [-0.05, 0) is 13.8 Å². The molecule has 21 heavy (non-hydrogen) atoms. The second kappa shape index (κ2) is 11.6. The summed E-state index contributed by atoms with van der Waals surface area (Å²) in [7, 11) is 0. The molecule has 1 rings (SSSR count). The minimum atomic E-state index is 0. The molecule has 0 amide bonds. The summed E-state index contributed by atoms with van der Waals surface area (Å²) in [5.41, 5.74) is 2.48. The Balaban J connectivity index is 0.00000400. The fourth-order valence-corrected chi connectivity index (χ4v) is 1.32. The van der Waals surface area contributed by atoms with Gasteiger partial charge in [0.2, 0.25) is 0 Å². The van der Waals surface area contributed by atoms with Gasteiger partial charge < -0.3 is 10.9 Å². The van der Waals surface area contributed by atoms with Crippen LogP contribution in [0, 0.1) is 31.4 Å². The number of carbonyl (C=O) groups is 1. The van der Waals surface area contributed by atoms with Crippen LogP contribution >= 0.6 is 0 Å². The van der Waals surface area contributed by atoms with Gasteiger partial charge in [0.1, 0.15) is 0 Å². The van der Waals surface area contributed by atoms with Gasteiger partial charge in [0, 0.05) is 5.56 Å². The van der Waals surface area contributed by atoms with Crippen molar-refractivity contribution in [3.05, 3.63) is 72.0 Å². The van der Waals surface area contributed by atoms with E-state index in [1.54, 1.807) is 24.3 Å². The number of aryl methyl sites for hydroxylation is 1. The molecule has 0 bridgehead atoms.